The number of unbranched alkanes of at least 4 members (excludes halogenated alkanes) is 21. The highest BCUT2D eigenvalue weighted by Crippen LogP contribution is 2.43. The number of nitrogens with zero attached hydrogens (tertiary/aromatic N) is 1. The van der Waals surface area contributed by atoms with Crippen LogP contribution in [0.4, 0.5) is 0 Å². The van der Waals surface area contributed by atoms with Crippen molar-refractivity contribution in [2.45, 2.75) is 180 Å². The first kappa shape index (κ1) is 45.2. The Bertz CT molecular complexity index is 773. The Hall–Kier alpha value is -0.760. The molecule has 3 N–H and O–H groups in total. The average Bonchev–Trinajstić information content (AvgIpc) is 2.99. The maximum Gasteiger partial charge on any atom is 0.472 e. The molecule has 46 heavy (non-hydrogen) atoms. The summed E-state index contributed by atoms with van der Waals surface area (Å²) < 4.78 is 23.4. The van der Waals surface area contributed by atoms with Crippen molar-refractivity contribution in [2.75, 3.05) is 40.9 Å². The van der Waals surface area contributed by atoms with E-state index in [4.69, 9.17) is 9.05 Å². The Kier molecular flexibility index (Phi) is 29.8. The van der Waals surface area contributed by atoms with E-state index in [0.29, 0.717) is 17.4 Å². The highest BCUT2D eigenvalue weighted by atomic mass is 31.2. The number of rotatable bonds is 34. The molecule has 0 aliphatic carbocycles. The van der Waals surface area contributed by atoms with E-state index >= 15 is 0 Å². The largest absolute Gasteiger partial charge is 0.472 e. The molecule has 0 fully saturated rings. The summed E-state index contributed by atoms with van der Waals surface area (Å²) in [4.78, 5) is 22.9. The van der Waals surface area contributed by atoms with Gasteiger partial charge in [-0.25, -0.2) is 4.57 Å². The monoisotopic (exact) mass is 676 g/mol. The molecule has 0 rings (SSSR count). The van der Waals surface area contributed by atoms with Crippen LogP contribution in [-0.4, -0.2) is 73.4 Å². The lowest BCUT2D eigenvalue weighted by Gasteiger charge is -2.25. The van der Waals surface area contributed by atoms with E-state index < -0.39 is 20.0 Å². The number of carbonyl (C=O) groups excluding carboxylic acids is 1. The van der Waals surface area contributed by atoms with E-state index in [-0.39, 0.29) is 19.1 Å². The molecule has 9 heteroatoms. The van der Waals surface area contributed by atoms with Crippen LogP contribution in [0.3, 0.4) is 0 Å². The van der Waals surface area contributed by atoms with Gasteiger partial charge < -0.3 is 19.8 Å². The number of allylic oxidation sites excluding steroid dienone is 1. The second-order valence-corrected chi connectivity index (χ2v) is 15.8. The number of aliphatic hydroxyl groups excluding tert-OH is 1. The number of carbonyl (C=O) groups is 1. The summed E-state index contributed by atoms with van der Waals surface area (Å²) in [5.74, 6) is -0.179. The summed E-state index contributed by atoms with van der Waals surface area (Å²) in [7, 11) is 1.58. The van der Waals surface area contributed by atoms with Gasteiger partial charge in [0.15, 0.2) is 0 Å². The van der Waals surface area contributed by atoms with Gasteiger partial charge in [0, 0.05) is 6.42 Å². The SMILES string of the molecule is CCCCCCCCCCC/C=C/[C@@H](O)[C@H](COP(=O)(O)OCC[N+](C)(C)C)NC(=O)CCCCCCCCCCCCCCC. The highest BCUT2D eigenvalue weighted by Gasteiger charge is 2.27. The normalized spacial score (nSPS) is 14.8. The minimum absolute atomic E-state index is 0.0640. The lowest BCUT2D eigenvalue weighted by molar-refractivity contribution is -0.870. The van der Waals surface area contributed by atoms with Crippen LogP contribution in [-0.2, 0) is 18.4 Å². The van der Waals surface area contributed by atoms with Crippen LogP contribution in [0.1, 0.15) is 168 Å². The molecule has 1 amide bonds. The van der Waals surface area contributed by atoms with E-state index in [9.17, 15) is 19.4 Å². The van der Waals surface area contributed by atoms with Gasteiger partial charge in [-0.2, -0.15) is 0 Å². The quantitative estimate of drug-likeness (QED) is 0.0272. The molecule has 0 aliphatic heterocycles. The number of hydrogen-bond donors (Lipinski definition) is 3. The van der Waals surface area contributed by atoms with E-state index in [1.165, 1.54) is 109 Å². The Morgan fingerprint density at radius 1 is 0.717 bits per heavy atom. The number of hydrogen-bond acceptors (Lipinski definition) is 5. The summed E-state index contributed by atoms with van der Waals surface area (Å²) >= 11 is 0. The molecule has 0 aliphatic rings. The number of aliphatic hydroxyl groups is 1. The molecule has 0 radical (unpaired) electrons. The number of amides is 1. The van der Waals surface area contributed by atoms with E-state index in [1.807, 2.05) is 27.2 Å². The van der Waals surface area contributed by atoms with Gasteiger partial charge in [-0.15, -0.1) is 0 Å². The summed E-state index contributed by atoms with van der Waals surface area (Å²) in [6.45, 7) is 4.78. The molecule has 0 spiro atoms. The maximum atomic E-state index is 12.8. The molecule has 0 aromatic heterocycles. The van der Waals surface area contributed by atoms with Crippen LogP contribution in [0.5, 0.6) is 0 Å². The Morgan fingerprint density at radius 3 is 1.61 bits per heavy atom. The van der Waals surface area contributed by atoms with Crippen molar-refractivity contribution in [3.05, 3.63) is 12.2 Å². The predicted octanol–water partition coefficient (Wildman–Crippen LogP) is 9.63. The third-order valence-electron chi connectivity index (χ3n) is 8.51. The van der Waals surface area contributed by atoms with E-state index in [2.05, 4.69) is 19.2 Å². The topological polar surface area (TPSA) is 105 Å². The van der Waals surface area contributed by atoms with Gasteiger partial charge in [0.25, 0.3) is 0 Å². The number of phosphoric acid groups is 1. The van der Waals surface area contributed by atoms with E-state index in [0.717, 1.165) is 38.5 Å². The fourth-order valence-corrected chi connectivity index (χ4v) is 6.13. The van der Waals surface area contributed by atoms with Gasteiger partial charge in [0.1, 0.15) is 13.2 Å². The van der Waals surface area contributed by atoms with Crippen LogP contribution >= 0.6 is 7.82 Å². The van der Waals surface area contributed by atoms with Crippen LogP contribution in [0.25, 0.3) is 0 Å². The Morgan fingerprint density at radius 2 is 1.15 bits per heavy atom. The number of phosphoric ester groups is 1. The number of likely N-dealkylation sites (N-methyl/N-ethyl adjacent to an activating group) is 1. The zero-order valence-corrected chi connectivity index (χ0v) is 31.7. The molecule has 0 aromatic rings. The van der Waals surface area contributed by atoms with Crippen molar-refractivity contribution in [3.63, 3.8) is 0 Å². The van der Waals surface area contributed by atoms with Gasteiger partial charge >= 0.3 is 7.82 Å². The van der Waals surface area contributed by atoms with E-state index in [1.54, 1.807) is 6.08 Å². The fourth-order valence-electron chi connectivity index (χ4n) is 5.39. The molecule has 0 aromatic carbocycles. The summed E-state index contributed by atoms with van der Waals surface area (Å²) in [5.41, 5.74) is 0. The zero-order chi connectivity index (χ0) is 34.4. The minimum atomic E-state index is -4.32. The standard InChI is InChI=1S/C37H75N2O6P/c1-6-8-10-12-14-16-18-19-21-23-25-27-29-31-37(41)38-35(34-45-46(42,43)44-33-32-39(3,4)5)36(40)30-28-26-24-22-20-17-15-13-11-9-7-2/h28,30,35-36,40H,6-27,29,31-34H2,1-5H3,(H-,38,41,42,43)/p+1/b30-28+/t35-,36+/m0/s1. The third kappa shape index (κ3) is 31.8. The van der Waals surface area contributed by atoms with Crippen molar-refractivity contribution < 1.29 is 32.9 Å². The molecule has 0 saturated heterocycles. The van der Waals surface area contributed by atoms with Crippen molar-refractivity contribution in [1.82, 2.24) is 5.32 Å². The molecule has 0 heterocycles. The van der Waals surface area contributed by atoms with Crippen LogP contribution in [0.2, 0.25) is 0 Å². The van der Waals surface area contributed by atoms with Gasteiger partial charge in [-0.05, 0) is 19.3 Å². The summed E-state index contributed by atoms with van der Waals surface area (Å²) in [6.07, 6.45) is 31.2. The minimum Gasteiger partial charge on any atom is -0.387 e. The first-order valence-corrected chi connectivity index (χ1v) is 20.6. The summed E-state index contributed by atoms with van der Waals surface area (Å²) in [5, 5.41) is 13.7. The van der Waals surface area contributed by atoms with Crippen LogP contribution < -0.4 is 5.32 Å². The summed E-state index contributed by atoms with van der Waals surface area (Å²) in [6, 6.07) is -0.837. The lowest BCUT2D eigenvalue weighted by atomic mass is 10.0. The average molecular weight is 676 g/mol. The molecule has 8 nitrogen and oxygen atoms in total. The smallest absolute Gasteiger partial charge is 0.387 e. The van der Waals surface area contributed by atoms with Crippen molar-refractivity contribution in [3.8, 4) is 0 Å². The first-order chi connectivity index (χ1) is 22.0. The third-order valence-corrected chi connectivity index (χ3v) is 9.49. The first-order valence-electron chi connectivity index (χ1n) is 19.1. The van der Waals surface area contributed by atoms with Crippen molar-refractivity contribution in [1.29, 1.82) is 0 Å². The number of quaternary nitrogens is 1. The molecular formula is C37H76N2O6P+. The zero-order valence-electron chi connectivity index (χ0n) is 30.8. The van der Waals surface area contributed by atoms with Gasteiger partial charge in [0.2, 0.25) is 5.91 Å². The van der Waals surface area contributed by atoms with Gasteiger partial charge in [0.05, 0.1) is 39.9 Å². The predicted molar refractivity (Wildman–Crippen MR) is 194 cm³/mol. The van der Waals surface area contributed by atoms with Crippen molar-refractivity contribution in [2.24, 2.45) is 0 Å². The molecule has 1 unspecified atom stereocenters. The maximum absolute atomic E-state index is 12.8. The Labute approximate surface area is 284 Å². The highest BCUT2D eigenvalue weighted by molar-refractivity contribution is 7.47. The van der Waals surface area contributed by atoms with Gasteiger partial charge in [-0.1, -0.05) is 154 Å². The molecule has 0 bridgehead atoms. The second kappa shape index (κ2) is 30.3. The molecule has 0 saturated carbocycles. The van der Waals surface area contributed by atoms with Crippen LogP contribution in [0.15, 0.2) is 12.2 Å². The molecular weight excluding hydrogens is 599 g/mol. The van der Waals surface area contributed by atoms with Gasteiger partial charge in [-0.3, -0.25) is 13.8 Å². The van der Waals surface area contributed by atoms with Crippen LogP contribution in [0, 0.1) is 0 Å². The number of nitrogens with one attached hydrogen (secondary N) is 1. The fraction of sp³-hybridized carbons (Fsp3) is 0.919. The Balaban J connectivity index is 4.52. The molecule has 3 atom stereocenters. The lowest BCUT2D eigenvalue weighted by Crippen LogP contribution is -2.45. The second-order valence-electron chi connectivity index (χ2n) is 14.3. The van der Waals surface area contributed by atoms with Crippen molar-refractivity contribution >= 4 is 13.7 Å². The molecule has 274 valence electrons.